The third-order valence-electron chi connectivity index (χ3n) is 1.56. The Morgan fingerprint density at radius 1 is 1.00 bits per heavy atom. The highest BCUT2D eigenvalue weighted by molar-refractivity contribution is 14.1. The SMILES string of the molecule is C[Si](C)(C)OCCCCCCI. The first-order valence-corrected chi connectivity index (χ1v) is 9.69. The lowest BCUT2D eigenvalue weighted by Crippen LogP contribution is -2.25. The fraction of sp³-hybridized carbons (Fsp3) is 1.00. The standard InChI is InChI=1S/C9H21IOSi/c1-12(2,3)11-9-7-5-4-6-8-10/h4-9H2,1-3H3. The van der Waals surface area contributed by atoms with Gasteiger partial charge in [-0.2, -0.15) is 0 Å². The van der Waals surface area contributed by atoms with Crippen molar-refractivity contribution in [3.05, 3.63) is 0 Å². The lowest BCUT2D eigenvalue weighted by atomic mass is 10.2. The quantitative estimate of drug-likeness (QED) is 0.300. The number of hydrogen-bond acceptors (Lipinski definition) is 1. The van der Waals surface area contributed by atoms with Gasteiger partial charge in [0, 0.05) is 6.61 Å². The molecular formula is C9H21IOSi. The van der Waals surface area contributed by atoms with E-state index in [4.69, 9.17) is 4.43 Å². The minimum absolute atomic E-state index is 0.983. The molecule has 0 aliphatic carbocycles. The second kappa shape index (κ2) is 7.32. The van der Waals surface area contributed by atoms with Crippen LogP contribution in [0.4, 0.5) is 0 Å². The minimum Gasteiger partial charge on any atom is -0.418 e. The highest BCUT2D eigenvalue weighted by Crippen LogP contribution is 2.06. The van der Waals surface area contributed by atoms with Gasteiger partial charge in [-0.05, 0) is 36.9 Å². The molecule has 0 spiro atoms. The van der Waals surface area contributed by atoms with E-state index in [9.17, 15) is 0 Å². The van der Waals surface area contributed by atoms with Crippen molar-refractivity contribution >= 4 is 30.9 Å². The smallest absolute Gasteiger partial charge is 0.183 e. The Bertz CT molecular complexity index is 101. The molecular weight excluding hydrogens is 279 g/mol. The molecule has 0 aromatic carbocycles. The van der Waals surface area contributed by atoms with Gasteiger partial charge in [0.15, 0.2) is 8.32 Å². The lowest BCUT2D eigenvalue weighted by Gasteiger charge is -2.16. The van der Waals surface area contributed by atoms with Crippen LogP contribution in [0.5, 0.6) is 0 Å². The summed E-state index contributed by atoms with van der Waals surface area (Å²) in [5, 5.41) is 0. The molecule has 0 heterocycles. The largest absolute Gasteiger partial charge is 0.418 e. The third-order valence-corrected chi connectivity index (χ3v) is 3.40. The molecule has 0 saturated heterocycles. The average molecular weight is 300 g/mol. The van der Waals surface area contributed by atoms with E-state index in [1.807, 2.05) is 0 Å². The van der Waals surface area contributed by atoms with E-state index in [1.54, 1.807) is 0 Å². The summed E-state index contributed by atoms with van der Waals surface area (Å²) >= 11 is 2.44. The fourth-order valence-corrected chi connectivity index (χ4v) is 2.22. The molecule has 3 heteroatoms. The van der Waals surface area contributed by atoms with Gasteiger partial charge >= 0.3 is 0 Å². The molecule has 0 rings (SSSR count). The first-order chi connectivity index (χ1) is 5.56. The van der Waals surface area contributed by atoms with Gasteiger partial charge in [0.05, 0.1) is 0 Å². The van der Waals surface area contributed by atoms with E-state index in [-0.39, 0.29) is 0 Å². The zero-order chi connectivity index (χ0) is 9.45. The van der Waals surface area contributed by atoms with Crippen LogP contribution >= 0.6 is 22.6 Å². The van der Waals surface area contributed by atoms with Crippen molar-refractivity contribution in [2.75, 3.05) is 11.0 Å². The Kier molecular flexibility index (Phi) is 7.88. The molecule has 1 nitrogen and oxygen atoms in total. The highest BCUT2D eigenvalue weighted by Gasteiger charge is 2.12. The second-order valence-electron chi connectivity index (χ2n) is 4.06. The summed E-state index contributed by atoms with van der Waals surface area (Å²) in [6.07, 6.45) is 5.33. The average Bonchev–Trinajstić information content (AvgIpc) is 1.94. The predicted octanol–water partition coefficient (Wildman–Crippen LogP) is 3.83. The van der Waals surface area contributed by atoms with Gasteiger partial charge in [-0.15, -0.1) is 0 Å². The van der Waals surface area contributed by atoms with Crippen molar-refractivity contribution in [3.8, 4) is 0 Å². The first kappa shape index (κ1) is 12.9. The van der Waals surface area contributed by atoms with Gasteiger partial charge in [-0.1, -0.05) is 35.4 Å². The summed E-state index contributed by atoms with van der Waals surface area (Å²) < 4.78 is 7.04. The minimum atomic E-state index is -1.23. The molecule has 0 unspecified atom stereocenters. The first-order valence-electron chi connectivity index (χ1n) is 4.76. The third kappa shape index (κ3) is 10.9. The molecule has 0 amide bonds. The number of hydrogen-bond donors (Lipinski definition) is 0. The van der Waals surface area contributed by atoms with Crippen LogP contribution in [-0.4, -0.2) is 19.4 Å². The molecule has 0 aliphatic rings. The Morgan fingerprint density at radius 3 is 2.08 bits per heavy atom. The van der Waals surface area contributed by atoms with Crippen LogP contribution in [0.2, 0.25) is 19.6 Å². The number of halogens is 1. The Morgan fingerprint density at radius 2 is 1.58 bits per heavy atom. The van der Waals surface area contributed by atoms with Gasteiger partial charge < -0.3 is 4.43 Å². The van der Waals surface area contributed by atoms with Gasteiger partial charge in [0.2, 0.25) is 0 Å². The Hall–Kier alpha value is 0.907. The predicted molar refractivity (Wildman–Crippen MR) is 66.7 cm³/mol. The molecule has 0 aromatic heterocycles. The summed E-state index contributed by atoms with van der Waals surface area (Å²) in [7, 11) is -1.23. The number of rotatable bonds is 7. The molecule has 0 N–H and O–H groups in total. The van der Waals surface area contributed by atoms with Gasteiger partial charge in [0.25, 0.3) is 0 Å². The van der Waals surface area contributed by atoms with Crippen LogP contribution < -0.4 is 0 Å². The summed E-state index contributed by atoms with van der Waals surface area (Å²) in [5.41, 5.74) is 0. The number of alkyl halides is 1. The zero-order valence-corrected chi connectivity index (χ0v) is 11.7. The molecule has 0 aromatic rings. The molecule has 12 heavy (non-hydrogen) atoms. The van der Waals surface area contributed by atoms with Crippen LogP contribution in [0.3, 0.4) is 0 Å². The van der Waals surface area contributed by atoms with Crippen molar-refractivity contribution in [2.24, 2.45) is 0 Å². The normalized spacial score (nSPS) is 12.0. The van der Waals surface area contributed by atoms with Crippen LogP contribution in [0.15, 0.2) is 0 Å². The maximum atomic E-state index is 5.75. The summed E-state index contributed by atoms with van der Waals surface area (Å²) in [6.45, 7) is 7.73. The van der Waals surface area contributed by atoms with Crippen molar-refractivity contribution < 1.29 is 4.43 Å². The Labute approximate surface area is 91.5 Å². The second-order valence-corrected chi connectivity index (χ2v) is 9.66. The van der Waals surface area contributed by atoms with Crippen LogP contribution in [-0.2, 0) is 4.43 Å². The summed E-state index contributed by atoms with van der Waals surface area (Å²) in [4.78, 5) is 0. The van der Waals surface area contributed by atoms with Crippen LogP contribution in [0.1, 0.15) is 25.7 Å². The van der Waals surface area contributed by atoms with E-state index in [0.29, 0.717) is 0 Å². The fourth-order valence-electron chi connectivity index (χ4n) is 0.928. The summed E-state index contributed by atoms with van der Waals surface area (Å²) in [5.74, 6) is 0. The van der Waals surface area contributed by atoms with Crippen molar-refractivity contribution in [1.29, 1.82) is 0 Å². The topological polar surface area (TPSA) is 9.23 Å². The summed E-state index contributed by atoms with van der Waals surface area (Å²) in [6, 6.07) is 0. The lowest BCUT2D eigenvalue weighted by molar-refractivity contribution is 0.299. The monoisotopic (exact) mass is 300 g/mol. The van der Waals surface area contributed by atoms with E-state index < -0.39 is 8.32 Å². The van der Waals surface area contributed by atoms with E-state index in [0.717, 1.165) is 6.61 Å². The van der Waals surface area contributed by atoms with E-state index in [1.165, 1.54) is 30.1 Å². The maximum absolute atomic E-state index is 5.75. The van der Waals surface area contributed by atoms with Gasteiger partial charge in [0.1, 0.15) is 0 Å². The molecule has 0 saturated carbocycles. The molecule has 0 radical (unpaired) electrons. The molecule has 74 valence electrons. The van der Waals surface area contributed by atoms with Crippen LogP contribution in [0, 0.1) is 0 Å². The van der Waals surface area contributed by atoms with Crippen molar-refractivity contribution in [2.45, 2.75) is 45.3 Å². The number of unbranched alkanes of at least 4 members (excludes halogenated alkanes) is 3. The van der Waals surface area contributed by atoms with Gasteiger partial charge in [-0.25, -0.2) is 0 Å². The van der Waals surface area contributed by atoms with Crippen LogP contribution in [0.25, 0.3) is 0 Å². The zero-order valence-electron chi connectivity index (χ0n) is 8.53. The van der Waals surface area contributed by atoms with E-state index >= 15 is 0 Å². The van der Waals surface area contributed by atoms with Crippen molar-refractivity contribution in [1.82, 2.24) is 0 Å². The molecule has 0 fully saturated rings. The Balaban J connectivity index is 3.01. The molecule has 0 bridgehead atoms. The molecule has 0 atom stereocenters. The maximum Gasteiger partial charge on any atom is 0.183 e. The van der Waals surface area contributed by atoms with Crippen molar-refractivity contribution in [3.63, 3.8) is 0 Å². The highest BCUT2D eigenvalue weighted by atomic mass is 127. The van der Waals surface area contributed by atoms with Gasteiger partial charge in [-0.3, -0.25) is 0 Å². The molecule has 0 aliphatic heterocycles. The van der Waals surface area contributed by atoms with E-state index in [2.05, 4.69) is 42.2 Å².